The fourth-order valence-electron chi connectivity index (χ4n) is 1.19. The number of benzene rings is 1. The smallest absolute Gasteiger partial charge is 0.209 e. The lowest BCUT2D eigenvalue weighted by Gasteiger charge is -2.09. The Bertz CT molecular complexity index is 462. The molecule has 5 nitrogen and oxygen atoms in total. The Morgan fingerprint density at radius 3 is 2.69 bits per heavy atom. The molecule has 0 atom stereocenters. The molecule has 0 saturated carbocycles. The number of sulfonamides is 1. The van der Waals surface area contributed by atoms with E-state index in [9.17, 15) is 8.42 Å². The number of anilines is 2. The van der Waals surface area contributed by atoms with Crippen LogP contribution in [-0.2, 0) is 10.0 Å². The van der Waals surface area contributed by atoms with Crippen LogP contribution in [0.25, 0.3) is 0 Å². The maximum Gasteiger partial charge on any atom is 0.209 e. The second kappa shape index (κ2) is 5.38. The van der Waals surface area contributed by atoms with E-state index in [1.54, 1.807) is 18.2 Å². The summed E-state index contributed by atoms with van der Waals surface area (Å²) in [7, 11) is -3.39. The van der Waals surface area contributed by atoms with Gasteiger partial charge in [0, 0.05) is 6.54 Å². The summed E-state index contributed by atoms with van der Waals surface area (Å²) in [5.74, 6) is -0.0551. The number of nitrogen functional groups attached to an aromatic ring is 1. The maximum absolute atomic E-state index is 10.7. The lowest BCUT2D eigenvalue weighted by atomic mass is 10.2. The van der Waals surface area contributed by atoms with Gasteiger partial charge in [-0.2, -0.15) is 0 Å². The molecule has 0 bridgehead atoms. The predicted molar refractivity (Wildman–Crippen MR) is 66.9 cm³/mol. The highest BCUT2D eigenvalue weighted by molar-refractivity contribution is 7.89. The average Bonchev–Trinajstić information content (AvgIpc) is 2.17. The van der Waals surface area contributed by atoms with Crippen molar-refractivity contribution in [2.75, 3.05) is 23.3 Å². The summed E-state index contributed by atoms with van der Waals surface area (Å²) in [5.41, 5.74) is 6.87. The zero-order chi connectivity index (χ0) is 12.2. The minimum absolute atomic E-state index is 0.0551. The monoisotopic (exact) mass is 263 g/mol. The van der Waals surface area contributed by atoms with Gasteiger partial charge in [0.2, 0.25) is 10.0 Å². The minimum atomic E-state index is -3.39. The fraction of sp³-hybridized carbons (Fsp3) is 0.333. The molecule has 1 rings (SSSR count). The number of hydrogen-bond donors (Lipinski definition) is 3. The van der Waals surface area contributed by atoms with Crippen molar-refractivity contribution in [1.29, 1.82) is 0 Å². The summed E-state index contributed by atoms with van der Waals surface area (Å²) in [6, 6.07) is 5.23. The number of nitrogens with two attached hydrogens (primary N) is 2. The van der Waals surface area contributed by atoms with Crippen LogP contribution in [0.4, 0.5) is 11.4 Å². The van der Waals surface area contributed by atoms with Crippen LogP contribution < -0.4 is 16.2 Å². The molecular formula is C9H14ClN3O2S. The van der Waals surface area contributed by atoms with E-state index in [2.05, 4.69) is 5.32 Å². The summed E-state index contributed by atoms with van der Waals surface area (Å²) in [5, 5.41) is 8.33. The quantitative estimate of drug-likeness (QED) is 0.545. The van der Waals surface area contributed by atoms with Crippen molar-refractivity contribution >= 4 is 33.0 Å². The molecule has 0 radical (unpaired) electrons. The lowest BCUT2D eigenvalue weighted by molar-refractivity contribution is 0.596. The van der Waals surface area contributed by atoms with Gasteiger partial charge >= 0.3 is 0 Å². The average molecular weight is 264 g/mol. The Morgan fingerprint density at radius 1 is 1.38 bits per heavy atom. The van der Waals surface area contributed by atoms with Crippen LogP contribution in [0, 0.1) is 0 Å². The Kier molecular flexibility index (Phi) is 4.40. The standard InChI is InChI=1S/C9H14ClN3O2S/c10-7-3-1-4-8(9(7)11)13-5-2-6-16(12,14)15/h1,3-4,13H,2,5-6,11H2,(H2,12,14,15). The molecule has 0 amide bonds. The minimum Gasteiger partial charge on any atom is -0.396 e. The van der Waals surface area contributed by atoms with E-state index >= 15 is 0 Å². The molecule has 90 valence electrons. The zero-order valence-corrected chi connectivity index (χ0v) is 10.2. The van der Waals surface area contributed by atoms with Crippen LogP contribution >= 0.6 is 11.6 Å². The van der Waals surface area contributed by atoms with Crippen molar-refractivity contribution in [3.8, 4) is 0 Å². The SMILES string of the molecule is Nc1c(Cl)cccc1NCCCS(N)(=O)=O. The molecule has 1 aromatic rings. The zero-order valence-electron chi connectivity index (χ0n) is 8.61. The highest BCUT2D eigenvalue weighted by Crippen LogP contribution is 2.26. The molecule has 5 N–H and O–H groups in total. The van der Waals surface area contributed by atoms with Gasteiger partial charge in [-0.25, -0.2) is 13.6 Å². The summed E-state index contributed by atoms with van der Waals surface area (Å²) in [4.78, 5) is 0. The summed E-state index contributed by atoms with van der Waals surface area (Å²) < 4.78 is 21.3. The van der Waals surface area contributed by atoms with E-state index in [4.69, 9.17) is 22.5 Å². The summed E-state index contributed by atoms with van der Waals surface area (Å²) in [6.45, 7) is 0.473. The molecule has 0 spiro atoms. The predicted octanol–water partition coefficient (Wildman–Crippen LogP) is 1.01. The van der Waals surface area contributed by atoms with Crippen molar-refractivity contribution in [3.05, 3.63) is 23.2 Å². The molecule has 0 aliphatic carbocycles. The van der Waals surface area contributed by atoms with Crippen LogP contribution in [0.2, 0.25) is 5.02 Å². The van der Waals surface area contributed by atoms with Crippen molar-refractivity contribution in [2.45, 2.75) is 6.42 Å². The van der Waals surface area contributed by atoms with Gasteiger partial charge in [-0.15, -0.1) is 0 Å². The van der Waals surface area contributed by atoms with Gasteiger partial charge in [0.15, 0.2) is 0 Å². The first-order chi connectivity index (χ1) is 7.40. The second-order valence-electron chi connectivity index (χ2n) is 3.35. The van der Waals surface area contributed by atoms with Gasteiger partial charge in [0.25, 0.3) is 0 Å². The molecule has 1 aromatic carbocycles. The Hall–Kier alpha value is -0.980. The normalized spacial score (nSPS) is 11.4. The molecule has 0 fully saturated rings. The molecule has 0 unspecified atom stereocenters. The number of halogens is 1. The topological polar surface area (TPSA) is 98.2 Å². The third kappa shape index (κ3) is 4.26. The molecule has 0 aromatic heterocycles. The Morgan fingerprint density at radius 2 is 2.06 bits per heavy atom. The van der Waals surface area contributed by atoms with E-state index in [0.717, 1.165) is 0 Å². The Labute approximate surface area is 99.8 Å². The molecular weight excluding hydrogens is 250 g/mol. The largest absolute Gasteiger partial charge is 0.396 e. The van der Waals surface area contributed by atoms with Gasteiger partial charge in [-0.05, 0) is 18.6 Å². The third-order valence-electron chi connectivity index (χ3n) is 1.97. The van der Waals surface area contributed by atoms with Gasteiger partial charge in [0.1, 0.15) is 0 Å². The maximum atomic E-state index is 10.7. The first-order valence-corrected chi connectivity index (χ1v) is 6.78. The van der Waals surface area contributed by atoms with Gasteiger partial charge in [-0.3, -0.25) is 0 Å². The first kappa shape index (κ1) is 13.1. The highest BCUT2D eigenvalue weighted by Gasteiger charge is 2.04. The fourth-order valence-corrected chi connectivity index (χ4v) is 1.91. The van der Waals surface area contributed by atoms with Crippen LogP contribution in [0.5, 0.6) is 0 Å². The van der Waals surface area contributed by atoms with E-state index in [1.165, 1.54) is 0 Å². The van der Waals surface area contributed by atoms with E-state index in [-0.39, 0.29) is 5.75 Å². The van der Waals surface area contributed by atoms with Crippen LogP contribution in [0.1, 0.15) is 6.42 Å². The molecule has 0 saturated heterocycles. The first-order valence-electron chi connectivity index (χ1n) is 4.68. The van der Waals surface area contributed by atoms with Crippen LogP contribution in [-0.4, -0.2) is 20.7 Å². The third-order valence-corrected chi connectivity index (χ3v) is 3.16. The number of para-hydroxylation sites is 1. The summed E-state index contributed by atoms with van der Waals surface area (Å²) >= 11 is 5.82. The summed E-state index contributed by atoms with van der Waals surface area (Å²) in [6.07, 6.45) is 0.421. The molecule has 16 heavy (non-hydrogen) atoms. The van der Waals surface area contributed by atoms with E-state index in [0.29, 0.717) is 29.4 Å². The van der Waals surface area contributed by atoms with Gasteiger partial charge in [-0.1, -0.05) is 17.7 Å². The number of nitrogens with one attached hydrogen (secondary N) is 1. The van der Waals surface area contributed by atoms with Gasteiger partial charge in [0.05, 0.1) is 22.2 Å². The molecule has 0 aliphatic heterocycles. The van der Waals surface area contributed by atoms with Crippen molar-refractivity contribution in [2.24, 2.45) is 5.14 Å². The highest BCUT2D eigenvalue weighted by atomic mass is 35.5. The number of primary sulfonamides is 1. The lowest BCUT2D eigenvalue weighted by Crippen LogP contribution is -2.18. The number of rotatable bonds is 5. The van der Waals surface area contributed by atoms with Crippen LogP contribution in [0.3, 0.4) is 0 Å². The van der Waals surface area contributed by atoms with E-state index in [1.807, 2.05) is 0 Å². The van der Waals surface area contributed by atoms with Crippen LogP contribution in [0.15, 0.2) is 18.2 Å². The second-order valence-corrected chi connectivity index (χ2v) is 5.49. The molecule has 7 heteroatoms. The van der Waals surface area contributed by atoms with Crippen molar-refractivity contribution in [3.63, 3.8) is 0 Å². The molecule has 0 aliphatic rings. The molecule has 0 heterocycles. The van der Waals surface area contributed by atoms with Gasteiger partial charge < -0.3 is 11.1 Å². The number of hydrogen-bond acceptors (Lipinski definition) is 4. The Balaban J connectivity index is 2.47. The van der Waals surface area contributed by atoms with Crippen molar-refractivity contribution in [1.82, 2.24) is 0 Å². The van der Waals surface area contributed by atoms with Crippen molar-refractivity contribution < 1.29 is 8.42 Å². The van der Waals surface area contributed by atoms with E-state index < -0.39 is 10.0 Å².